The number of aliphatic carboxylic acids is 2. The summed E-state index contributed by atoms with van der Waals surface area (Å²) in [6.07, 6.45) is -1.56. The van der Waals surface area contributed by atoms with Crippen LogP contribution < -0.4 is 10.3 Å². The molecule has 3 aromatic carbocycles. The summed E-state index contributed by atoms with van der Waals surface area (Å²) >= 11 is 5.90. The van der Waals surface area contributed by atoms with E-state index in [9.17, 15) is 29.4 Å². The van der Waals surface area contributed by atoms with E-state index in [-0.39, 0.29) is 28.7 Å². The number of rotatable bonds is 11. The number of benzene rings is 3. The summed E-state index contributed by atoms with van der Waals surface area (Å²) < 4.78 is 11.9. The molecule has 0 radical (unpaired) electrons. The smallest absolute Gasteiger partial charge is 0.321 e. The number of ketones is 1. The van der Waals surface area contributed by atoms with Crippen LogP contribution >= 0.6 is 11.6 Å². The molecule has 208 valence electrons. The van der Waals surface area contributed by atoms with E-state index in [0.717, 1.165) is 10.2 Å². The fourth-order valence-corrected chi connectivity index (χ4v) is 4.45. The molecule has 5 rings (SSSR count). The average Bonchev–Trinajstić information content (AvgIpc) is 3.39. The highest BCUT2D eigenvalue weighted by molar-refractivity contribution is 6.30. The Morgan fingerprint density at radius 1 is 0.976 bits per heavy atom. The summed E-state index contributed by atoms with van der Waals surface area (Å²) in [4.78, 5) is 50.6. The molecule has 2 heterocycles. The second-order valence-electron chi connectivity index (χ2n) is 9.28. The zero-order valence-electron chi connectivity index (χ0n) is 21.2. The minimum atomic E-state index is -2.57. The molecule has 0 bridgehead atoms. The molecule has 2 N–H and O–H groups in total. The van der Waals surface area contributed by atoms with E-state index in [1.807, 2.05) is 12.1 Å². The maximum absolute atomic E-state index is 13.2. The highest BCUT2D eigenvalue weighted by Crippen LogP contribution is 2.32. The number of nitrogens with zero attached hydrogens (tertiary/aromatic N) is 4. The van der Waals surface area contributed by atoms with Crippen molar-refractivity contribution in [2.24, 2.45) is 5.41 Å². The molecule has 0 aliphatic rings. The standard InChI is InChI=1S/C28H21ClN4O8/c29-17-7-5-16(6-8-17)15-40-18-9-10-20-23(13-18)41-31-24(20)22(34)14-28(26(36)37,27(38)39)11-12-33-25(35)19-3-1-2-4-21(19)30-32-33/h1-10,13H,11-12,14-15H2,(H,36,37)(H,38,39). The van der Waals surface area contributed by atoms with Crippen molar-refractivity contribution in [2.45, 2.75) is 26.0 Å². The van der Waals surface area contributed by atoms with Crippen molar-refractivity contribution in [3.63, 3.8) is 0 Å². The molecule has 13 heteroatoms. The van der Waals surface area contributed by atoms with Crippen LogP contribution in [0.5, 0.6) is 5.75 Å². The van der Waals surface area contributed by atoms with Crippen LogP contribution in [0.1, 0.15) is 28.9 Å². The van der Waals surface area contributed by atoms with Crippen LogP contribution in [0.25, 0.3) is 21.9 Å². The number of halogens is 1. The third-order valence-electron chi connectivity index (χ3n) is 6.69. The summed E-state index contributed by atoms with van der Waals surface area (Å²) in [5.74, 6) is -3.92. The zero-order valence-corrected chi connectivity index (χ0v) is 21.9. The largest absolute Gasteiger partial charge is 0.489 e. The van der Waals surface area contributed by atoms with Crippen LogP contribution in [-0.4, -0.2) is 48.1 Å². The van der Waals surface area contributed by atoms with Gasteiger partial charge in [-0.2, -0.15) is 0 Å². The number of aryl methyl sites for hydroxylation is 1. The lowest BCUT2D eigenvalue weighted by molar-refractivity contribution is -0.165. The Morgan fingerprint density at radius 3 is 2.44 bits per heavy atom. The number of carboxylic acid groups (broad SMARTS) is 2. The van der Waals surface area contributed by atoms with Crippen molar-refractivity contribution in [1.82, 2.24) is 20.2 Å². The van der Waals surface area contributed by atoms with Crippen molar-refractivity contribution in [3.8, 4) is 5.75 Å². The third kappa shape index (κ3) is 5.50. The lowest BCUT2D eigenvalue weighted by Gasteiger charge is -2.23. The highest BCUT2D eigenvalue weighted by atomic mass is 35.5. The third-order valence-corrected chi connectivity index (χ3v) is 6.94. The Labute approximate surface area is 235 Å². The normalized spacial score (nSPS) is 11.5. The molecule has 41 heavy (non-hydrogen) atoms. The van der Waals surface area contributed by atoms with E-state index in [2.05, 4.69) is 15.5 Å². The minimum Gasteiger partial charge on any atom is -0.489 e. The molecular formula is C28H21ClN4O8. The van der Waals surface area contributed by atoms with E-state index >= 15 is 0 Å². The van der Waals surface area contributed by atoms with Crippen molar-refractivity contribution in [3.05, 3.63) is 93.4 Å². The fourth-order valence-electron chi connectivity index (χ4n) is 4.33. The summed E-state index contributed by atoms with van der Waals surface area (Å²) in [5, 5.41) is 32.5. The van der Waals surface area contributed by atoms with Crippen molar-refractivity contribution < 1.29 is 33.9 Å². The lowest BCUT2D eigenvalue weighted by Crippen LogP contribution is -2.43. The Bertz CT molecular complexity index is 1830. The maximum atomic E-state index is 13.2. The van der Waals surface area contributed by atoms with E-state index in [4.69, 9.17) is 20.9 Å². The number of ether oxygens (including phenoxy) is 1. The van der Waals surface area contributed by atoms with E-state index in [1.54, 1.807) is 36.4 Å². The van der Waals surface area contributed by atoms with E-state index in [1.165, 1.54) is 18.2 Å². The number of hydrogen-bond acceptors (Lipinski definition) is 9. The average molecular weight is 577 g/mol. The van der Waals surface area contributed by atoms with Gasteiger partial charge < -0.3 is 19.5 Å². The number of fused-ring (bicyclic) bond motifs is 2. The predicted molar refractivity (Wildman–Crippen MR) is 145 cm³/mol. The van der Waals surface area contributed by atoms with Gasteiger partial charge in [-0.05, 0) is 48.4 Å². The molecule has 12 nitrogen and oxygen atoms in total. The number of hydrogen-bond donors (Lipinski definition) is 2. The molecule has 0 aliphatic carbocycles. The number of Topliss-reactive ketones (excluding diaryl/α,β-unsaturated/α-hetero) is 1. The first-order chi connectivity index (χ1) is 19.7. The molecule has 0 unspecified atom stereocenters. The second-order valence-corrected chi connectivity index (χ2v) is 9.72. The first kappa shape index (κ1) is 27.5. The fraction of sp³-hybridized carbons (Fsp3) is 0.179. The van der Waals surface area contributed by atoms with Crippen molar-refractivity contribution >= 4 is 51.2 Å². The van der Waals surface area contributed by atoms with Gasteiger partial charge in [-0.15, -0.1) is 5.10 Å². The van der Waals surface area contributed by atoms with Gasteiger partial charge in [0.05, 0.1) is 10.8 Å². The molecular weight excluding hydrogens is 556 g/mol. The van der Waals surface area contributed by atoms with Crippen LogP contribution in [-0.2, 0) is 22.7 Å². The Balaban J connectivity index is 1.35. The van der Waals surface area contributed by atoms with Gasteiger partial charge in [-0.3, -0.25) is 19.2 Å². The predicted octanol–water partition coefficient (Wildman–Crippen LogP) is 3.98. The van der Waals surface area contributed by atoms with Gasteiger partial charge in [0.1, 0.15) is 17.9 Å². The summed E-state index contributed by atoms with van der Waals surface area (Å²) in [6.45, 7) is -0.163. The second kappa shape index (κ2) is 11.2. The molecule has 0 aliphatic heterocycles. The topological polar surface area (TPSA) is 175 Å². The number of aromatic nitrogens is 4. The molecule has 0 saturated carbocycles. The molecule has 0 fully saturated rings. The van der Waals surface area contributed by atoms with Gasteiger partial charge in [0.25, 0.3) is 5.56 Å². The van der Waals surface area contributed by atoms with Crippen LogP contribution in [0.3, 0.4) is 0 Å². The number of carboxylic acids is 2. The monoisotopic (exact) mass is 576 g/mol. The number of carbonyl (C=O) groups excluding carboxylic acids is 1. The number of carbonyl (C=O) groups is 3. The molecule has 0 amide bonds. The van der Waals surface area contributed by atoms with Gasteiger partial charge in [-0.25, -0.2) is 4.68 Å². The summed E-state index contributed by atoms with van der Waals surface area (Å²) in [6, 6.07) is 18.1. The summed E-state index contributed by atoms with van der Waals surface area (Å²) in [7, 11) is 0. The molecule has 0 spiro atoms. The van der Waals surface area contributed by atoms with Gasteiger partial charge in [0.15, 0.2) is 22.5 Å². The van der Waals surface area contributed by atoms with Crippen molar-refractivity contribution in [1.29, 1.82) is 0 Å². The van der Waals surface area contributed by atoms with Crippen LogP contribution in [0.2, 0.25) is 5.02 Å². The first-order valence-corrected chi connectivity index (χ1v) is 12.6. The van der Waals surface area contributed by atoms with Gasteiger partial charge in [0, 0.05) is 24.1 Å². The van der Waals surface area contributed by atoms with E-state index in [0.29, 0.717) is 16.3 Å². The molecule has 5 aromatic rings. The Kier molecular flexibility index (Phi) is 7.49. The van der Waals surface area contributed by atoms with Crippen LogP contribution in [0.15, 0.2) is 76.0 Å². The SMILES string of the molecule is O=C(CC(CCn1nnc2ccccc2c1=O)(C(=O)O)C(=O)O)c1noc2cc(OCc3ccc(Cl)cc3)ccc12. The first-order valence-electron chi connectivity index (χ1n) is 12.3. The summed E-state index contributed by atoms with van der Waals surface area (Å²) in [5.41, 5.74) is -1.96. The molecule has 0 saturated heterocycles. The Hall–Kier alpha value is -5.10. The molecule has 0 atom stereocenters. The maximum Gasteiger partial charge on any atom is 0.321 e. The van der Waals surface area contributed by atoms with Gasteiger partial charge >= 0.3 is 11.9 Å². The lowest BCUT2D eigenvalue weighted by atomic mass is 9.79. The van der Waals surface area contributed by atoms with Crippen molar-refractivity contribution in [2.75, 3.05) is 0 Å². The minimum absolute atomic E-state index is 0.191. The van der Waals surface area contributed by atoms with E-state index < -0.39 is 48.1 Å². The van der Waals surface area contributed by atoms with Gasteiger partial charge in [-0.1, -0.05) is 46.2 Å². The van der Waals surface area contributed by atoms with Crippen LogP contribution in [0.4, 0.5) is 0 Å². The molecule has 2 aromatic heterocycles. The van der Waals surface area contributed by atoms with Crippen LogP contribution in [0, 0.1) is 5.41 Å². The Morgan fingerprint density at radius 2 is 1.71 bits per heavy atom. The van der Waals surface area contributed by atoms with Gasteiger partial charge in [0.2, 0.25) is 0 Å². The highest BCUT2D eigenvalue weighted by Gasteiger charge is 2.49. The quantitative estimate of drug-likeness (QED) is 0.172. The zero-order chi connectivity index (χ0) is 29.1.